The van der Waals surface area contributed by atoms with Gasteiger partial charge in [-0.05, 0) is 20.3 Å². The van der Waals surface area contributed by atoms with Crippen molar-refractivity contribution in [1.82, 2.24) is 10.2 Å². The number of hydrogen-bond acceptors (Lipinski definition) is 4. The van der Waals surface area contributed by atoms with Gasteiger partial charge in [0.05, 0.1) is 7.11 Å². The molecule has 2 N–H and O–H groups in total. The van der Waals surface area contributed by atoms with E-state index in [1.807, 2.05) is 6.92 Å². The molecule has 5 heteroatoms. The zero-order valence-electron chi connectivity index (χ0n) is 9.55. The average Bonchev–Trinajstić information content (AvgIpc) is 2.58. The van der Waals surface area contributed by atoms with Gasteiger partial charge in [0.15, 0.2) is 5.82 Å². The van der Waals surface area contributed by atoms with Crippen molar-refractivity contribution in [2.45, 2.75) is 33.2 Å². The largest absolute Gasteiger partial charge is 0.465 e. The molecule has 5 nitrogen and oxygen atoms in total. The molecule has 0 radical (unpaired) electrons. The molecule has 1 atom stereocenters. The molecule has 15 heavy (non-hydrogen) atoms. The highest BCUT2D eigenvalue weighted by atomic mass is 16.5. The van der Waals surface area contributed by atoms with E-state index in [0.29, 0.717) is 17.1 Å². The minimum atomic E-state index is -0.368. The van der Waals surface area contributed by atoms with Gasteiger partial charge in [-0.25, -0.2) is 4.79 Å². The van der Waals surface area contributed by atoms with Crippen LogP contribution in [-0.4, -0.2) is 29.3 Å². The van der Waals surface area contributed by atoms with Crippen LogP contribution in [0.4, 0.5) is 5.82 Å². The van der Waals surface area contributed by atoms with Crippen LogP contribution in [0.5, 0.6) is 0 Å². The molecule has 0 aromatic carbocycles. The second-order valence-corrected chi connectivity index (χ2v) is 3.52. The van der Waals surface area contributed by atoms with Crippen LogP contribution < -0.4 is 5.32 Å². The highest BCUT2D eigenvalue weighted by molar-refractivity contribution is 5.95. The van der Waals surface area contributed by atoms with E-state index in [9.17, 15) is 4.79 Å². The number of nitrogens with one attached hydrogen (secondary N) is 2. The molecule has 0 aliphatic heterocycles. The average molecular weight is 211 g/mol. The zero-order valence-corrected chi connectivity index (χ0v) is 9.55. The number of methoxy groups -OCH3 is 1. The summed E-state index contributed by atoms with van der Waals surface area (Å²) in [6, 6.07) is 0.274. The molecule has 0 aliphatic rings. The summed E-state index contributed by atoms with van der Waals surface area (Å²) in [5.74, 6) is 0.195. The van der Waals surface area contributed by atoms with E-state index in [2.05, 4.69) is 22.4 Å². The van der Waals surface area contributed by atoms with Crippen molar-refractivity contribution in [3.63, 3.8) is 0 Å². The molecule has 0 saturated heterocycles. The molecule has 84 valence electrons. The Bertz CT molecular complexity index is 346. The molecule has 1 unspecified atom stereocenters. The summed E-state index contributed by atoms with van der Waals surface area (Å²) in [6.45, 7) is 5.89. The lowest BCUT2D eigenvalue weighted by Crippen LogP contribution is -2.16. The maximum absolute atomic E-state index is 11.5. The number of ether oxygens (including phenoxy) is 1. The first-order valence-electron chi connectivity index (χ1n) is 5.00. The van der Waals surface area contributed by atoms with E-state index >= 15 is 0 Å². The summed E-state index contributed by atoms with van der Waals surface area (Å²) in [5.41, 5.74) is 1.20. The molecule has 1 rings (SSSR count). The fourth-order valence-corrected chi connectivity index (χ4v) is 1.22. The normalized spacial score (nSPS) is 12.3. The maximum atomic E-state index is 11.5. The lowest BCUT2D eigenvalue weighted by atomic mass is 10.2. The fourth-order valence-electron chi connectivity index (χ4n) is 1.22. The summed E-state index contributed by atoms with van der Waals surface area (Å²) < 4.78 is 4.69. The second kappa shape index (κ2) is 4.82. The Hall–Kier alpha value is -1.52. The summed E-state index contributed by atoms with van der Waals surface area (Å²) in [5, 5.41) is 9.96. The van der Waals surface area contributed by atoms with Crippen molar-refractivity contribution in [1.29, 1.82) is 0 Å². The van der Waals surface area contributed by atoms with Crippen molar-refractivity contribution in [2.24, 2.45) is 0 Å². The van der Waals surface area contributed by atoms with Gasteiger partial charge in [-0.1, -0.05) is 6.92 Å². The predicted octanol–water partition coefficient (Wildman–Crippen LogP) is 1.72. The van der Waals surface area contributed by atoms with Crippen LogP contribution in [0.2, 0.25) is 0 Å². The smallest absolute Gasteiger partial charge is 0.343 e. The van der Waals surface area contributed by atoms with E-state index in [1.165, 1.54) is 7.11 Å². The van der Waals surface area contributed by atoms with Gasteiger partial charge in [0.2, 0.25) is 0 Å². The maximum Gasteiger partial charge on any atom is 0.343 e. The van der Waals surface area contributed by atoms with Crippen LogP contribution in [0.1, 0.15) is 36.3 Å². The van der Waals surface area contributed by atoms with E-state index in [-0.39, 0.29) is 12.0 Å². The van der Waals surface area contributed by atoms with Crippen molar-refractivity contribution in [2.75, 3.05) is 12.4 Å². The summed E-state index contributed by atoms with van der Waals surface area (Å²) >= 11 is 0. The Morgan fingerprint density at radius 1 is 1.67 bits per heavy atom. The minimum Gasteiger partial charge on any atom is -0.465 e. The molecule has 0 fully saturated rings. The van der Waals surface area contributed by atoms with Gasteiger partial charge in [0.1, 0.15) is 5.56 Å². The first kappa shape index (κ1) is 11.6. The van der Waals surface area contributed by atoms with Crippen LogP contribution in [0.25, 0.3) is 0 Å². The fraction of sp³-hybridized carbons (Fsp3) is 0.600. The van der Waals surface area contributed by atoms with Crippen LogP contribution in [-0.2, 0) is 4.74 Å². The lowest BCUT2D eigenvalue weighted by Gasteiger charge is -2.11. The number of H-pyrrole nitrogens is 1. The molecular formula is C10H17N3O2. The molecule has 0 saturated carbocycles. The summed E-state index contributed by atoms with van der Waals surface area (Å²) in [7, 11) is 1.36. The Balaban J connectivity index is 2.93. The Labute approximate surface area is 89.2 Å². The van der Waals surface area contributed by atoms with Gasteiger partial charge < -0.3 is 10.1 Å². The van der Waals surface area contributed by atoms with Crippen LogP contribution in [0, 0.1) is 6.92 Å². The van der Waals surface area contributed by atoms with Gasteiger partial charge in [-0.2, -0.15) is 5.10 Å². The third-order valence-corrected chi connectivity index (χ3v) is 2.33. The van der Waals surface area contributed by atoms with Crippen molar-refractivity contribution in [3.8, 4) is 0 Å². The number of aromatic nitrogens is 2. The predicted molar refractivity (Wildman–Crippen MR) is 58.0 cm³/mol. The third-order valence-electron chi connectivity index (χ3n) is 2.33. The molecule has 0 aliphatic carbocycles. The van der Waals surface area contributed by atoms with Crippen molar-refractivity contribution >= 4 is 11.8 Å². The highest BCUT2D eigenvalue weighted by Crippen LogP contribution is 2.18. The van der Waals surface area contributed by atoms with E-state index < -0.39 is 0 Å². The molecule has 0 amide bonds. The second-order valence-electron chi connectivity index (χ2n) is 3.52. The van der Waals surface area contributed by atoms with Crippen molar-refractivity contribution in [3.05, 3.63) is 11.3 Å². The van der Waals surface area contributed by atoms with Crippen LogP contribution in [0.15, 0.2) is 0 Å². The molecule has 1 heterocycles. The number of aromatic amines is 1. The number of carbonyl (C=O) groups is 1. The molecule has 0 spiro atoms. The molecular weight excluding hydrogens is 194 g/mol. The topological polar surface area (TPSA) is 67.0 Å². The first-order chi connectivity index (χ1) is 7.10. The van der Waals surface area contributed by atoms with Gasteiger partial charge in [-0.15, -0.1) is 0 Å². The SMILES string of the molecule is CCC(C)Nc1n[nH]c(C)c1C(=O)OC. The van der Waals surface area contributed by atoms with Crippen molar-refractivity contribution < 1.29 is 9.53 Å². The number of aryl methyl sites for hydroxylation is 1. The molecule has 0 bridgehead atoms. The van der Waals surface area contributed by atoms with Gasteiger partial charge >= 0.3 is 5.97 Å². The van der Waals surface area contributed by atoms with Crippen LogP contribution in [0.3, 0.4) is 0 Å². The minimum absolute atomic E-state index is 0.274. The first-order valence-corrected chi connectivity index (χ1v) is 5.00. The third kappa shape index (κ3) is 2.49. The summed E-state index contributed by atoms with van der Waals surface area (Å²) in [4.78, 5) is 11.5. The molecule has 1 aromatic heterocycles. The number of hydrogen-bond donors (Lipinski definition) is 2. The monoisotopic (exact) mass is 211 g/mol. The van der Waals surface area contributed by atoms with E-state index in [4.69, 9.17) is 4.74 Å². The van der Waals surface area contributed by atoms with Gasteiger partial charge in [0.25, 0.3) is 0 Å². The number of esters is 1. The zero-order chi connectivity index (χ0) is 11.4. The van der Waals surface area contributed by atoms with Gasteiger partial charge in [0, 0.05) is 11.7 Å². The number of anilines is 1. The summed E-state index contributed by atoms with van der Waals surface area (Å²) in [6.07, 6.45) is 0.965. The van der Waals surface area contributed by atoms with E-state index in [1.54, 1.807) is 6.92 Å². The quantitative estimate of drug-likeness (QED) is 0.744. The van der Waals surface area contributed by atoms with Crippen LogP contribution >= 0.6 is 0 Å². The van der Waals surface area contributed by atoms with Gasteiger partial charge in [-0.3, -0.25) is 5.10 Å². The Morgan fingerprint density at radius 2 is 2.33 bits per heavy atom. The standard InChI is InChI=1S/C10H17N3O2/c1-5-6(2)11-9-8(10(14)15-4)7(3)12-13-9/h6H,5H2,1-4H3,(H2,11,12,13). The number of nitrogens with zero attached hydrogens (tertiary/aromatic N) is 1. The number of carbonyl (C=O) groups excluding carboxylic acids is 1. The number of rotatable bonds is 4. The Kier molecular flexibility index (Phi) is 3.71. The Morgan fingerprint density at radius 3 is 2.87 bits per heavy atom. The lowest BCUT2D eigenvalue weighted by molar-refractivity contribution is 0.0601. The van der Waals surface area contributed by atoms with E-state index in [0.717, 1.165) is 6.42 Å². The molecule has 1 aromatic rings. The highest BCUT2D eigenvalue weighted by Gasteiger charge is 2.19.